The van der Waals surface area contributed by atoms with Gasteiger partial charge in [-0.05, 0) is 30.3 Å². The summed E-state index contributed by atoms with van der Waals surface area (Å²) in [7, 11) is 0. The van der Waals surface area contributed by atoms with Crippen LogP contribution in [0.15, 0.2) is 12.3 Å². The van der Waals surface area contributed by atoms with Gasteiger partial charge in [-0.1, -0.05) is 59.8 Å². The first-order chi connectivity index (χ1) is 7.56. The molecule has 0 saturated heterocycles. The topological polar surface area (TPSA) is 20.2 Å². The summed E-state index contributed by atoms with van der Waals surface area (Å²) in [4.78, 5) is 0. The normalized spacial score (nSPS) is 15.8. The van der Waals surface area contributed by atoms with Crippen molar-refractivity contribution in [2.45, 2.75) is 66.2 Å². The smallest absolute Gasteiger partial charge is 0.0754 e. The van der Waals surface area contributed by atoms with Crippen LogP contribution in [0.5, 0.6) is 0 Å². The summed E-state index contributed by atoms with van der Waals surface area (Å²) < 4.78 is 0. The molecule has 16 heavy (non-hydrogen) atoms. The van der Waals surface area contributed by atoms with E-state index in [0.717, 1.165) is 11.8 Å². The minimum absolute atomic E-state index is 0.521. The van der Waals surface area contributed by atoms with E-state index in [1.54, 1.807) is 0 Å². The van der Waals surface area contributed by atoms with E-state index in [2.05, 4.69) is 27.7 Å². The average Bonchev–Trinajstić information content (AvgIpc) is 2.17. The Bertz CT molecular complexity index is 172. The number of aliphatic hydroxyl groups is 1. The molecule has 1 N–H and O–H groups in total. The van der Waals surface area contributed by atoms with Gasteiger partial charge in [-0.15, -0.1) is 0 Å². The lowest BCUT2D eigenvalue weighted by Crippen LogP contribution is -1.98. The fourth-order valence-corrected chi connectivity index (χ4v) is 2.05. The summed E-state index contributed by atoms with van der Waals surface area (Å²) in [5, 5.41) is 8.63. The van der Waals surface area contributed by atoms with E-state index < -0.39 is 0 Å². The van der Waals surface area contributed by atoms with E-state index in [1.165, 1.54) is 44.8 Å². The molecule has 0 radical (unpaired) electrons. The van der Waals surface area contributed by atoms with E-state index >= 15 is 0 Å². The first-order valence-electron chi connectivity index (χ1n) is 6.87. The molecule has 1 nitrogen and oxygen atoms in total. The van der Waals surface area contributed by atoms with Gasteiger partial charge in [0.25, 0.3) is 0 Å². The summed E-state index contributed by atoms with van der Waals surface area (Å²) in [6.07, 6.45) is 11.0. The number of aliphatic hydroxyl groups excluding tert-OH is 1. The summed E-state index contributed by atoms with van der Waals surface area (Å²) in [5.41, 5.74) is 0. The lowest BCUT2D eigenvalue weighted by Gasteiger charge is -2.13. The zero-order valence-electron chi connectivity index (χ0n) is 11.6. The first kappa shape index (κ1) is 15.5. The lowest BCUT2D eigenvalue weighted by atomic mass is 9.93. The van der Waals surface area contributed by atoms with Crippen LogP contribution in [0, 0.1) is 17.8 Å². The molecular formula is C15H30O. The highest BCUT2D eigenvalue weighted by Crippen LogP contribution is 2.19. The monoisotopic (exact) mass is 226 g/mol. The van der Waals surface area contributed by atoms with Gasteiger partial charge >= 0.3 is 0 Å². The van der Waals surface area contributed by atoms with E-state index in [-0.39, 0.29) is 0 Å². The van der Waals surface area contributed by atoms with Gasteiger partial charge in [-0.25, -0.2) is 0 Å². The Morgan fingerprint density at radius 3 is 1.94 bits per heavy atom. The third kappa shape index (κ3) is 10.1. The van der Waals surface area contributed by atoms with Crippen molar-refractivity contribution < 1.29 is 5.11 Å². The highest BCUT2D eigenvalue weighted by Gasteiger charge is 2.04. The zero-order valence-corrected chi connectivity index (χ0v) is 11.6. The largest absolute Gasteiger partial charge is 0.516 e. The van der Waals surface area contributed by atoms with Gasteiger partial charge < -0.3 is 5.11 Å². The van der Waals surface area contributed by atoms with Gasteiger partial charge in [0.15, 0.2) is 0 Å². The molecule has 0 aromatic heterocycles. The molecule has 1 heteroatoms. The van der Waals surface area contributed by atoms with Crippen LogP contribution in [0.4, 0.5) is 0 Å². The van der Waals surface area contributed by atoms with E-state index in [0.29, 0.717) is 5.92 Å². The molecule has 0 rings (SSSR count). The third-order valence-corrected chi connectivity index (χ3v) is 3.25. The Kier molecular flexibility index (Phi) is 9.46. The molecule has 96 valence electrons. The van der Waals surface area contributed by atoms with Crippen molar-refractivity contribution in [1.82, 2.24) is 0 Å². The molecule has 2 unspecified atom stereocenters. The Hall–Kier alpha value is -0.460. The minimum Gasteiger partial charge on any atom is -0.516 e. The van der Waals surface area contributed by atoms with Crippen LogP contribution < -0.4 is 0 Å². The minimum atomic E-state index is 0.521. The van der Waals surface area contributed by atoms with Gasteiger partial charge in [0.05, 0.1) is 6.26 Å². The predicted octanol–water partition coefficient (Wildman–Crippen LogP) is 5.33. The van der Waals surface area contributed by atoms with Crippen LogP contribution in [-0.4, -0.2) is 5.11 Å². The van der Waals surface area contributed by atoms with Crippen LogP contribution >= 0.6 is 0 Å². The Morgan fingerprint density at radius 2 is 1.44 bits per heavy atom. The Balaban J connectivity index is 3.39. The standard InChI is InChI=1S/C15H30O/c1-13(2)7-5-8-14(3)9-6-10-15(4)11-12-16/h11-16H,5-10H2,1-4H3/b12-11+. The van der Waals surface area contributed by atoms with Crippen LogP contribution in [0.2, 0.25) is 0 Å². The summed E-state index contributed by atoms with van der Waals surface area (Å²) in [6.45, 7) is 9.13. The lowest BCUT2D eigenvalue weighted by molar-refractivity contribution is 0.410. The number of rotatable bonds is 9. The summed E-state index contributed by atoms with van der Waals surface area (Å²) in [5.74, 6) is 2.24. The first-order valence-corrected chi connectivity index (χ1v) is 6.87. The summed E-state index contributed by atoms with van der Waals surface area (Å²) in [6, 6.07) is 0. The molecule has 0 heterocycles. The van der Waals surface area contributed by atoms with Crippen LogP contribution in [-0.2, 0) is 0 Å². The SMILES string of the molecule is CC(C)CCCC(C)CCCC(C)/C=C/O. The summed E-state index contributed by atoms with van der Waals surface area (Å²) >= 11 is 0. The van der Waals surface area contributed by atoms with E-state index in [9.17, 15) is 0 Å². The van der Waals surface area contributed by atoms with Gasteiger partial charge in [-0.2, -0.15) is 0 Å². The van der Waals surface area contributed by atoms with Crippen molar-refractivity contribution in [3.8, 4) is 0 Å². The van der Waals surface area contributed by atoms with Crippen molar-refractivity contribution in [2.75, 3.05) is 0 Å². The molecule has 0 aliphatic heterocycles. The van der Waals surface area contributed by atoms with Gasteiger partial charge in [-0.3, -0.25) is 0 Å². The highest BCUT2D eigenvalue weighted by atomic mass is 16.2. The fourth-order valence-electron chi connectivity index (χ4n) is 2.05. The molecule has 0 aromatic rings. The maximum absolute atomic E-state index is 8.63. The Labute approximate surface area is 102 Å². The predicted molar refractivity (Wildman–Crippen MR) is 72.6 cm³/mol. The molecule has 0 amide bonds. The molecule has 0 saturated carbocycles. The molecule has 0 aliphatic rings. The van der Waals surface area contributed by atoms with Crippen molar-refractivity contribution in [3.63, 3.8) is 0 Å². The molecule has 0 bridgehead atoms. The molecule has 0 aromatic carbocycles. The second-order valence-corrected chi connectivity index (χ2v) is 5.68. The van der Waals surface area contributed by atoms with Crippen molar-refractivity contribution in [2.24, 2.45) is 17.8 Å². The van der Waals surface area contributed by atoms with Crippen molar-refractivity contribution in [3.05, 3.63) is 12.3 Å². The average molecular weight is 226 g/mol. The highest BCUT2D eigenvalue weighted by molar-refractivity contribution is 4.78. The molecule has 0 fully saturated rings. The third-order valence-electron chi connectivity index (χ3n) is 3.25. The van der Waals surface area contributed by atoms with Gasteiger partial charge in [0, 0.05) is 0 Å². The molecular weight excluding hydrogens is 196 g/mol. The number of allylic oxidation sites excluding steroid dienone is 1. The quantitative estimate of drug-likeness (QED) is 0.527. The second kappa shape index (κ2) is 9.74. The number of hydrogen-bond acceptors (Lipinski definition) is 1. The van der Waals surface area contributed by atoms with E-state index in [4.69, 9.17) is 5.11 Å². The fraction of sp³-hybridized carbons (Fsp3) is 0.867. The number of hydrogen-bond donors (Lipinski definition) is 1. The zero-order chi connectivity index (χ0) is 12.4. The van der Waals surface area contributed by atoms with Crippen LogP contribution in [0.3, 0.4) is 0 Å². The van der Waals surface area contributed by atoms with Crippen LogP contribution in [0.1, 0.15) is 66.2 Å². The maximum Gasteiger partial charge on any atom is 0.0754 e. The van der Waals surface area contributed by atoms with Crippen molar-refractivity contribution >= 4 is 0 Å². The maximum atomic E-state index is 8.63. The molecule has 0 spiro atoms. The van der Waals surface area contributed by atoms with Gasteiger partial charge in [0.2, 0.25) is 0 Å². The van der Waals surface area contributed by atoms with E-state index in [1.807, 2.05) is 6.08 Å². The molecule has 2 atom stereocenters. The second-order valence-electron chi connectivity index (χ2n) is 5.68. The van der Waals surface area contributed by atoms with Crippen molar-refractivity contribution in [1.29, 1.82) is 0 Å². The molecule has 0 aliphatic carbocycles. The van der Waals surface area contributed by atoms with Crippen LogP contribution in [0.25, 0.3) is 0 Å². The Morgan fingerprint density at radius 1 is 0.875 bits per heavy atom. The van der Waals surface area contributed by atoms with Gasteiger partial charge in [0.1, 0.15) is 0 Å².